The van der Waals surface area contributed by atoms with Gasteiger partial charge in [-0.1, -0.05) is 6.07 Å². The lowest BCUT2D eigenvalue weighted by molar-refractivity contribution is 0.178. The molecule has 0 amide bonds. The molecule has 1 aromatic heterocycles. The summed E-state index contributed by atoms with van der Waals surface area (Å²) in [6.07, 6.45) is 2.42. The van der Waals surface area contributed by atoms with E-state index in [0.717, 1.165) is 31.9 Å². The molecule has 94 valence electrons. The van der Waals surface area contributed by atoms with Crippen LogP contribution in [-0.4, -0.2) is 36.6 Å². The summed E-state index contributed by atoms with van der Waals surface area (Å²) in [5, 5.41) is 0. The largest absolute Gasteiger partial charge is 0.481 e. The van der Waals surface area contributed by atoms with Crippen LogP contribution in [0.3, 0.4) is 0 Å². The molecular formula is C13H21N3O. The molecule has 0 aromatic carbocycles. The third-order valence-electron chi connectivity index (χ3n) is 3.42. The van der Waals surface area contributed by atoms with Crippen molar-refractivity contribution in [3.05, 3.63) is 23.9 Å². The van der Waals surface area contributed by atoms with Gasteiger partial charge in [0.05, 0.1) is 12.8 Å². The first-order valence-electron chi connectivity index (χ1n) is 6.24. The average Bonchev–Trinajstić information content (AvgIpc) is 2.40. The molecule has 0 atom stereocenters. The maximum Gasteiger partial charge on any atom is 0.213 e. The number of hydrogen-bond acceptors (Lipinski definition) is 4. The van der Waals surface area contributed by atoms with Gasteiger partial charge in [0.1, 0.15) is 0 Å². The Balaban J connectivity index is 1.88. The van der Waals surface area contributed by atoms with Gasteiger partial charge in [0.15, 0.2) is 0 Å². The van der Waals surface area contributed by atoms with Gasteiger partial charge in [-0.05, 0) is 44.5 Å². The van der Waals surface area contributed by atoms with E-state index in [1.165, 1.54) is 12.8 Å². The number of pyridine rings is 1. The summed E-state index contributed by atoms with van der Waals surface area (Å²) in [4.78, 5) is 6.87. The zero-order chi connectivity index (χ0) is 12.1. The molecule has 1 fully saturated rings. The second-order valence-electron chi connectivity index (χ2n) is 4.63. The van der Waals surface area contributed by atoms with Crippen molar-refractivity contribution in [3.63, 3.8) is 0 Å². The molecule has 0 unspecified atom stereocenters. The molecule has 1 aliphatic rings. The van der Waals surface area contributed by atoms with E-state index in [1.54, 1.807) is 7.11 Å². The van der Waals surface area contributed by atoms with E-state index in [-0.39, 0.29) is 0 Å². The number of likely N-dealkylation sites (tertiary alicyclic amines) is 1. The van der Waals surface area contributed by atoms with Crippen LogP contribution in [0.25, 0.3) is 0 Å². The van der Waals surface area contributed by atoms with E-state index >= 15 is 0 Å². The van der Waals surface area contributed by atoms with Crippen LogP contribution in [0.2, 0.25) is 0 Å². The van der Waals surface area contributed by atoms with Crippen molar-refractivity contribution < 1.29 is 4.74 Å². The van der Waals surface area contributed by atoms with Crippen molar-refractivity contribution in [2.45, 2.75) is 19.4 Å². The van der Waals surface area contributed by atoms with Crippen molar-refractivity contribution in [1.82, 2.24) is 9.88 Å². The van der Waals surface area contributed by atoms with Gasteiger partial charge in [-0.2, -0.15) is 0 Å². The van der Waals surface area contributed by atoms with Crippen molar-refractivity contribution in [2.75, 3.05) is 26.7 Å². The molecule has 0 saturated carbocycles. The second kappa shape index (κ2) is 5.98. The van der Waals surface area contributed by atoms with E-state index in [2.05, 4.69) is 16.0 Å². The quantitative estimate of drug-likeness (QED) is 0.853. The highest BCUT2D eigenvalue weighted by Gasteiger charge is 2.18. The van der Waals surface area contributed by atoms with Gasteiger partial charge in [-0.25, -0.2) is 4.98 Å². The molecule has 2 N–H and O–H groups in total. The molecule has 0 radical (unpaired) electrons. The standard InChI is InChI=1S/C13H21N3O/c1-17-13-4-2-3-12(15-13)10-16-7-5-11(9-14)6-8-16/h2-4,11H,5-10,14H2,1H3. The van der Waals surface area contributed by atoms with E-state index in [1.807, 2.05) is 12.1 Å². The van der Waals surface area contributed by atoms with E-state index in [0.29, 0.717) is 11.8 Å². The summed E-state index contributed by atoms with van der Waals surface area (Å²) in [5.41, 5.74) is 6.77. The molecule has 4 nitrogen and oxygen atoms in total. The predicted molar refractivity (Wildman–Crippen MR) is 67.8 cm³/mol. The fraction of sp³-hybridized carbons (Fsp3) is 0.615. The lowest BCUT2D eigenvalue weighted by Gasteiger charge is -2.30. The normalized spacial score (nSPS) is 18.2. The van der Waals surface area contributed by atoms with Gasteiger partial charge >= 0.3 is 0 Å². The molecule has 1 aromatic rings. The SMILES string of the molecule is COc1cccc(CN2CCC(CN)CC2)n1. The van der Waals surface area contributed by atoms with E-state index in [4.69, 9.17) is 10.5 Å². The maximum absolute atomic E-state index is 5.69. The summed E-state index contributed by atoms with van der Waals surface area (Å²) >= 11 is 0. The average molecular weight is 235 g/mol. The van der Waals surface area contributed by atoms with Gasteiger partial charge in [0.2, 0.25) is 5.88 Å². The van der Waals surface area contributed by atoms with Gasteiger partial charge in [-0.15, -0.1) is 0 Å². The van der Waals surface area contributed by atoms with Crippen LogP contribution in [0.4, 0.5) is 0 Å². The highest BCUT2D eigenvalue weighted by molar-refractivity contribution is 5.15. The molecule has 0 aliphatic carbocycles. The molecule has 0 spiro atoms. The van der Waals surface area contributed by atoms with E-state index < -0.39 is 0 Å². The minimum atomic E-state index is 0.694. The summed E-state index contributed by atoms with van der Waals surface area (Å²) in [5.74, 6) is 1.41. The van der Waals surface area contributed by atoms with Crippen LogP contribution >= 0.6 is 0 Å². The number of rotatable bonds is 4. The fourth-order valence-corrected chi connectivity index (χ4v) is 2.27. The predicted octanol–water partition coefficient (Wildman–Crippen LogP) is 1.26. The van der Waals surface area contributed by atoms with Gasteiger partial charge < -0.3 is 10.5 Å². The number of aromatic nitrogens is 1. The Morgan fingerprint density at radius 1 is 1.41 bits per heavy atom. The van der Waals surface area contributed by atoms with Crippen LogP contribution in [0.15, 0.2) is 18.2 Å². The summed E-state index contributed by atoms with van der Waals surface area (Å²) in [6.45, 7) is 3.99. The van der Waals surface area contributed by atoms with Crippen molar-refractivity contribution in [3.8, 4) is 5.88 Å². The number of ether oxygens (including phenoxy) is 1. The van der Waals surface area contributed by atoms with Crippen molar-refractivity contribution >= 4 is 0 Å². The molecule has 1 aliphatic heterocycles. The fourth-order valence-electron chi connectivity index (χ4n) is 2.27. The smallest absolute Gasteiger partial charge is 0.213 e. The van der Waals surface area contributed by atoms with Crippen molar-refractivity contribution in [2.24, 2.45) is 11.7 Å². The van der Waals surface area contributed by atoms with Crippen LogP contribution in [0.1, 0.15) is 18.5 Å². The Labute approximate surface area is 103 Å². The van der Waals surface area contributed by atoms with Crippen LogP contribution in [0, 0.1) is 5.92 Å². The van der Waals surface area contributed by atoms with Gasteiger partial charge in [-0.3, -0.25) is 4.90 Å². The minimum Gasteiger partial charge on any atom is -0.481 e. The molecule has 2 heterocycles. The Bertz CT molecular complexity index is 348. The zero-order valence-corrected chi connectivity index (χ0v) is 10.4. The zero-order valence-electron chi connectivity index (χ0n) is 10.4. The maximum atomic E-state index is 5.69. The molecule has 4 heteroatoms. The highest BCUT2D eigenvalue weighted by atomic mass is 16.5. The first kappa shape index (κ1) is 12.3. The van der Waals surface area contributed by atoms with Gasteiger partial charge in [0.25, 0.3) is 0 Å². The highest BCUT2D eigenvalue weighted by Crippen LogP contribution is 2.18. The molecule has 17 heavy (non-hydrogen) atoms. The molecule has 2 rings (SSSR count). The van der Waals surface area contributed by atoms with Crippen molar-refractivity contribution in [1.29, 1.82) is 0 Å². The third kappa shape index (κ3) is 3.41. The number of piperidine rings is 1. The van der Waals surface area contributed by atoms with Crippen LogP contribution in [-0.2, 0) is 6.54 Å². The first-order chi connectivity index (χ1) is 8.31. The minimum absolute atomic E-state index is 0.694. The summed E-state index contributed by atoms with van der Waals surface area (Å²) in [7, 11) is 1.65. The van der Waals surface area contributed by atoms with E-state index in [9.17, 15) is 0 Å². The molecule has 1 saturated heterocycles. The Morgan fingerprint density at radius 3 is 2.82 bits per heavy atom. The first-order valence-corrected chi connectivity index (χ1v) is 6.24. The van der Waals surface area contributed by atoms with Gasteiger partial charge in [0, 0.05) is 12.6 Å². The monoisotopic (exact) mass is 235 g/mol. The van der Waals surface area contributed by atoms with Crippen LogP contribution < -0.4 is 10.5 Å². The molecular weight excluding hydrogens is 214 g/mol. The topological polar surface area (TPSA) is 51.4 Å². The number of nitrogens with zero attached hydrogens (tertiary/aromatic N) is 2. The summed E-state index contributed by atoms with van der Waals surface area (Å²) in [6, 6.07) is 5.93. The number of hydrogen-bond donors (Lipinski definition) is 1. The second-order valence-corrected chi connectivity index (χ2v) is 4.63. The van der Waals surface area contributed by atoms with Crippen LogP contribution in [0.5, 0.6) is 5.88 Å². The third-order valence-corrected chi connectivity index (χ3v) is 3.42. The number of nitrogens with two attached hydrogens (primary N) is 1. The lowest BCUT2D eigenvalue weighted by Crippen LogP contribution is -2.35. The summed E-state index contributed by atoms with van der Waals surface area (Å²) < 4.78 is 5.13. The lowest BCUT2D eigenvalue weighted by atomic mass is 9.97. The number of methoxy groups -OCH3 is 1. The Kier molecular flexibility index (Phi) is 4.34. The Hall–Kier alpha value is -1.13. The Morgan fingerprint density at radius 2 is 2.18 bits per heavy atom. The molecule has 0 bridgehead atoms.